The molecule has 0 spiro atoms. The quantitative estimate of drug-likeness (QED) is 0.714. The molecule has 0 bridgehead atoms. The molecule has 1 fully saturated rings. The minimum atomic E-state index is -1.09. The highest BCUT2D eigenvalue weighted by molar-refractivity contribution is 5.86. The van der Waals surface area contributed by atoms with Crippen molar-refractivity contribution < 1.29 is 19.4 Å². The fourth-order valence-corrected chi connectivity index (χ4v) is 2.02. The first-order chi connectivity index (χ1) is 8.76. The molecule has 19 heavy (non-hydrogen) atoms. The highest BCUT2D eigenvalue weighted by atomic mass is 16.6. The number of amides is 1. The van der Waals surface area contributed by atoms with Gasteiger partial charge < -0.3 is 15.2 Å². The van der Waals surface area contributed by atoms with Crippen molar-refractivity contribution in [3.63, 3.8) is 0 Å². The molecule has 5 nitrogen and oxygen atoms in total. The van der Waals surface area contributed by atoms with E-state index in [2.05, 4.69) is 17.2 Å². The Labute approximate surface area is 113 Å². The number of nitrogens with one attached hydrogen (secondary N) is 1. The first-order valence-corrected chi connectivity index (χ1v) is 6.50. The van der Waals surface area contributed by atoms with Crippen molar-refractivity contribution in [1.29, 1.82) is 0 Å². The van der Waals surface area contributed by atoms with E-state index in [1.54, 1.807) is 0 Å². The second-order valence-electron chi connectivity index (χ2n) is 5.77. The van der Waals surface area contributed by atoms with Gasteiger partial charge in [0.2, 0.25) is 0 Å². The summed E-state index contributed by atoms with van der Waals surface area (Å²) in [6, 6.07) is 0.0951. The Morgan fingerprint density at radius 2 is 1.79 bits per heavy atom. The number of hydrogen-bond acceptors (Lipinski definition) is 3. The lowest BCUT2D eigenvalue weighted by atomic mass is 9.86. The predicted molar refractivity (Wildman–Crippen MR) is 70.5 cm³/mol. The van der Waals surface area contributed by atoms with Gasteiger partial charge in [-0.05, 0) is 46.5 Å². The molecule has 106 valence electrons. The van der Waals surface area contributed by atoms with Crippen LogP contribution in [-0.4, -0.2) is 28.8 Å². The van der Waals surface area contributed by atoms with Crippen molar-refractivity contribution in [1.82, 2.24) is 5.32 Å². The molecule has 1 aliphatic carbocycles. The first kappa shape index (κ1) is 15.4. The Morgan fingerprint density at radius 1 is 1.21 bits per heavy atom. The molecule has 2 N–H and O–H groups in total. The van der Waals surface area contributed by atoms with Gasteiger partial charge in [0.15, 0.2) is 0 Å². The van der Waals surface area contributed by atoms with E-state index < -0.39 is 17.7 Å². The molecule has 0 unspecified atom stereocenters. The number of carboxylic acid groups (broad SMARTS) is 1. The van der Waals surface area contributed by atoms with Gasteiger partial charge >= 0.3 is 12.1 Å². The minimum absolute atomic E-state index is 0.0951. The van der Waals surface area contributed by atoms with Crippen LogP contribution >= 0.6 is 0 Å². The van der Waals surface area contributed by atoms with E-state index in [0.717, 1.165) is 25.7 Å². The summed E-state index contributed by atoms with van der Waals surface area (Å²) >= 11 is 0. The minimum Gasteiger partial charge on any atom is -0.472 e. The van der Waals surface area contributed by atoms with E-state index in [1.165, 1.54) is 0 Å². The summed E-state index contributed by atoms with van der Waals surface area (Å²) in [7, 11) is 0. The maximum Gasteiger partial charge on any atom is 0.407 e. The fraction of sp³-hybridized carbons (Fsp3) is 0.714. The van der Waals surface area contributed by atoms with Crippen LogP contribution in [0.3, 0.4) is 0 Å². The zero-order chi connectivity index (χ0) is 14.5. The van der Waals surface area contributed by atoms with Crippen molar-refractivity contribution in [2.45, 2.75) is 58.1 Å². The van der Waals surface area contributed by atoms with E-state index >= 15 is 0 Å². The van der Waals surface area contributed by atoms with Crippen LogP contribution in [0.15, 0.2) is 0 Å². The van der Waals surface area contributed by atoms with Crippen molar-refractivity contribution in [3.8, 4) is 11.8 Å². The molecule has 0 radical (unpaired) electrons. The van der Waals surface area contributed by atoms with Crippen LogP contribution in [0.2, 0.25) is 0 Å². The van der Waals surface area contributed by atoms with Crippen LogP contribution in [0.25, 0.3) is 0 Å². The highest BCUT2D eigenvalue weighted by Crippen LogP contribution is 2.23. The molecule has 1 amide bonds. The van der Waals surface area contributed by atoms with Gasteiger partial charge in [-0.3, -0.25) is 0 Å². The fourth-order valence-electron chi connectivity index (χ4n) is 2.02. The van der Waals surface area contributed by atoms with Crippen LogP contribution < -0.4 is 5.32 Å². The summed E-state index contributed by atoms with van der Waals surface area (Å²) in [6.45, 7) is 5.47. The Hall–Kier alpha value is -1.70. The second-order valence-corrected chi connectivity index (χ2v) is 5.77. The van der Waals surface area contributed by atoms with Gasteiger partial charge in [0.1, 0.15) is 5.60 Å². The molecule has 5 heteroatoms. The number of ether oxygens (including phenoxy) is 1. The molecule has 0 aromatic heterocycles. The number of carbonyl (C=O) groups excluding carboxylic acids is 1. The topological polar surface area (TPSA) is 75.6 Å². The van der Waals surface area contributed by atoms with Crippen molar-refractivity contribution in [2.75, 3.05) is 0 Å². The lowest BCUT2D eigenvalue weighted by molar-refractivity contribution is -0.130. The van der Waals surface area contributed by atoms with Gasteiger partial charge in [-0.1, -0.05) is 5.92 Å². The SMILES string of the molecule is CC(C)(C)OC(=O)NC1CCC(C#CC(=O)O)CC1. The van der Waals surface area contributed by atoms with Crippen molar-refractivity contribution >= 4 is 12.1 Å². The monoisotopic (exact) mass is 267 g/mol. The molecule has 0 aromatic rings. The number of hydrogen-bond donors (Lipinski definition) is 2. The highest BCUT2D eigenvalue weighted by Gasteiger charge is 2.23. The van der Waals surface area contributed by atoms with Crippen LogP contribution in [0.5, 0.6) is 0 Å². The summed E-state index contributed by atoms with van der Waals surface area (Å²) in [4.78, 5) is 21.9. The Bertz CT molecular complexity index is 392. The average Bonchev–Trinajstić information content (AvgIpc) is 2.25. The second kappa shape index (κ2) is 6.46. The summed E-state index contributed by atoms with van der Waals surface area (Å²) in [5, 5.41) is 11.3. The van der Waals surface area contributed by atoms with Crippen LogP contribution in [0, 0.1) is 17.8 Å². The molecule has 0 aromatic carbocycles. The average molecular weight is 267 g/mol. The molecule has 1 rings (SSSR count). The Balaban J connectivity index is 2.33. The van der Waals surface area contributed by atoms with E-state index in [-0.39, 0.29) is 12.0 Å². The number of alkyl carbamates (subject to hydrolysis) is 1. The normalized spacial score (nSPS) is 22.9. The summed E-state index contributed by atoms with van der Waals surface area (Å²) in [5.74, 6) is 3.93. The summed E-state index contributed by atoms with van der Waals surface area (Å²) in [5.41, 5.74) is -0.492. The number of carbonyl (C=O) groups is 2. The van der Waals surface area contributed by atoms with Crippen LogP contribution in [-0.2, 0) is 9.53 Å². The third kappa shape index (κ3) is 6.70. The smallest absolute Gasteiger partial charge is 0.407 e. The number of rotatable bonds is 1. The summed E-state index contributed by atoms with van der Waals surface area (Å²) < 4.78 is 5.19. The van der Waals surface area contributed by atoms with Gasteiger partial charge in [-0.15, -0.1) is 0 Å². The number of carboxylic acids is 1. The predicted octanol–water partition coefficient (Wildman–Crippen LogP) is 2.16. The molecule has 1 saturated carbocycles. The van der Waals surface area contributed by atoms with Crippen molar-refractivity contribution in [2.24, 2.45) is 5.92 Å². The van der Waals surface area contributed by atoms with Gasteiger partial charge in [-0.2, -0.15) is 0 Å². The zero-order valence-corrected chi connectivity index (χ0v) is 11.7. The van der Waals surface area contributed by atoms with E-state index in [0.29, 0.717) is 0 Å². The molecule has 0 heterocycles. The molecule has 0 aliphatic heterocycles. The third-order valence-corrected chi connectivity index (χ3v) is 2.83. The largest absolute Gasteiger partial charge is 0.472 e. The number of aliphatic carboxylic acids is 1. The van der Waals surface area contributed by atoms with Crippen LogP contribution in [0.4, 0.5) is 4.79 Å². The van der Waals surface area contributed by atoms with Gasteiger partial charge in [0.05, 0.1) is 0 Å². The van der Waals surface area contributed by atoms with E-state index in [4.69, 9.17) is 9.84 Å². The van der Waals surface area contributed by atoms with Gasteiger partial charge in [0, 0.05) is 17.9 Å². The third-order valence-electron chi connectivity index (χ3n) is 2.83. The molecular formula is C14H21NO4. The maximum atomic E-state index is 11.6. The lowest BCUT2D eigenvalue weighted by Gasteiger charge is -2.28. The first-order valence-electron chi connectivity index (χ1n) is 6.50. The molecule has 1 aliphatic rings. The van der Waals surface area contributed by atoms with Gasteiger partial charge in [-0.25, -0.2) is 9.59 Å². The molecule has 0 saturated heterocycles. The van der Waals surface area contributed by atoms with Crippen molar-refractivity contribution in [3.05, 3.63) is 0 Å². The Kier molecular flexibility index (Phi) is 5.22. The Morgan fingerprint density at radius 3 is 2.26 bits per heavy atom. The van der Waals surface area contributed by atoms with Crippen LogP contribution in [0.1, 0.15) is 46.5 Å². The zero-order valence-electron chi connectivity index (χ0n) is 11.7. The summed E-state index contributed by atoms with van der Waals surface area (Å²) in [6.07, 6.45) is 2.82. The van der Waals surface area contributed by atoms with E-state index in [1.807, 2.05) is 20.8 Å². The molecule has 0 atom stereocenters. The maximum absolute atomic E-state index is 11.6. The lowest BCUT2D eigenvalue weighted by Crippen LogP contribution is -2.40. The molecular weight excluding hydrogens is 246 g/mol. The standard InChI is InChI=1S/C14H21NO4/c1-14(2,3)19-13(18)15-11-7-4-10(5-8-11)6-9-12(16)17/h10-11H,4-5,7-8H2,1-3H3,(H,15,18)(H,16,17). The van der Waals surface area contributed by atoms with Gasteiger partial charge in [0.25, 0.3) is 0 Å². The van der Waals surface area contributed by atoms with E-state index in [9.17, 15) is 9.59 Å².